The van der Waals surface area contributed by atoms with Crippen LogP contribution in [0.25, 0.3) is 5.70 Å². The second kappa shape index (κ2) is 4.89. The van der Waals surface area contributed by atoms with Gasteiger partial charge in [0.15, 0.2) is 6.17 Å². The highest BCUT2D eigenvalue weighted by molar-refractivity contribution is 6.30. The van der Waals surface area contributed by atoms with Gasteiger partial charge >= 0.3 is 0 Å². The van der Waals surface area contributed by atoms with Crippen LogP contribution in [0, 0.1) is 0 Å². The Hall–Kier alpha value is -1.49. The molecule has 6 heteroatoms. The highest BCUT2D eigenvalue weighted by Crippen LogP contribution is 2.18. The predicted octanol–water partition coefficient (Wildman–Crippen LogP) is 1.71. The van der Waals surface area contributed by atoms with Crippen molar-refractivity contribution in [1.82, 2.24) is 10.0 Å². The van der Waals surface area contributed by atoms with Crippen molar-refractivity contribution in [3.8, 4) is 0 Å². The Labute approximate surface area is 119 Å². The quantitative estimate of drug-likeness (QED) is 0.829. The van der Waals surface area contributed by atoms with E-state index < -0.39 is 6.17 Å². The molecule has 2 aromatic rings. The fourth-order valence-electron chi connectivity index (χ4n) is 2.14. The molecule has 3 rings (SSSR count). The van der Waals surface area contributed by atoms with Crippen molar-refractivity contribution in [3.05, 3.63) is 57.8 Å². The highest BCUT2D eigenvalue weighted by Gasteiger charge is 2.24. The van der Waals surface area contributed by atoms with Gasteiger partial charge in [0.25, 0.3) is 0 Å². The van der Waals surface area contributed by atoms with E-state index in [9.17, 15) is 5.21 Å². The van der Waals surface area contributed by atoms with Crippen LogP contribution in [0.2, 0.25) is 5.02 Å². The van der Waals surface area contributed by atoms with Crippen LogP contribution in [0.1, 0.15) is 5.69 Å². The Morgan fingerprint density at radius 3 is 2.89 bits per heavy atom. The zero-order chi connectivity index (χ0) is 13.4. The molecule has 2 heterocycles. The smallest absolute Gasteiger partial charge is 0.160 e. The first kappa shape index (κ1) is 12.5. The largest absolute Gasteiger partial charge is 0.360 e. The monoisotopic (exact) mass is 295 g/mol. The van der Waals surface area contributed by atoms with Crippen molar-refractivity contribution in [1.29, 1.82) is 0 Å². The maximum atomic E-state index is 10.3. The molecule has 0 spiro atoms. The maximum Gasteiger partial charge on any atom is 0.160 e. The molecule has 1 aliphatic rings. The summed E-state index contributed by atoms with van der Waals surface area (Å²) in [6.07, 6.45) is 1.29. The van der Waals surface area contributed by atoms with Gasteiger partial charge in [0.1, 0.15) is 0 Å². The van der Waals surface area contributed by atoms with E-state index in [1.54, 1.807) is 18.3 Å². The average molecular weight is 296 g/mol. The van der Waals surface area contributed by atoms with Crippen LogP contribution in [0.3, 0.4) is 0 Å². The van der Waals surface area contributed by atoms with E-state index in [4.69, 9.17) is 23.2 Å². The van der Waals surface area contributed by atoms with Crippen LogP contribution in [-0.4, -0.2) is 27.3 Å². The number of nitrogens with one attached hydrogen (secondary N) is 1. The number of aromatic nitrogens is 1. The van der Waals surface area contributed by atoms with Crippen LogP contribution in [0.15, 0.2) is 41.5 Å². The molecule has 98 valence electrons. The molecule has 1 aliphatic heterocycles. The summed E-state index contributed by atoms with van der Waals surface area (Å²) in [5.41, 5.74) is 1.42. The lowest BCUT2D eigenvalue weighted by Crippen LogP contribution is -2.45. The van der Waals surface area contributed by atoms with E-state index in [-0.39, 0.29) is 5.88 Å². The first-order valence-electron chi connectivity index (χ1n) is 5.76. The first-order chi connectivity index (χ1) is 9.20. The van der Waals surface area contributed by atoms with E-state index in [2.05, 4.69) is 9.98 Å². The number of benzene rings is 1. The lowest BCUT2D eigenvalue weighted by atomic mass is 10.1. The third kappa shape index (κ3) is 2.12. The molecule has 1 atom stereocenters. The van der Waals surface area contributed by atoms with Crippen LogP contribution in [-0.2, 0) is 0 Å². The number of hydroxylamine groups is 2. The van der Waals surface area contributed by atoms with Crippen molar-refractivity contribution < 1.29 is 5.21 Å². The summed E-state index contributed by atoms with van der Waals surface area (Å²) >= 11 is 11.9. The molecular formula is C13H11Cl2N3O. The summed E-state index contributed by atoms with van der Waals surface area (Å²) in [6, 6.07) is 9.12. The molecule has 0 fully saturated rings. The molecule has 0 saturated carbocycles. The third-order valence-corrected chi connectivity index (χ3v) is 3.52. The predicted molar refractivity (Wildman–Crippen MR) is 73.7 cm³/mol. The van der Waals surface area contributed by atoms with Crippen molar-refractivity contribution in [2.24, 2.45) is 4.99 Å². The molecule has 0 amide bonds. The van der Waals surface area contributed by atoms with Gasteiger partial charge in [-0.3, -0.25) is 10.2 Å². The Morgan fingerprint density at radius 1 is 1.37 bits per heavy atom. The second-order valence-electron chi connectivity index (χ2n) is 4.20. The van der Waals surface area contributed by atoms with Gasteiger partial charge in [-0.15, -0.1) is 11.6 Å². The first-order valence-corrected chi connectivity index (χ1v) is 6.67. The normalized spacial score (nSPS) is 18.2. The number of aromatic amines is 1. The Kier molecular flexibility index (Phi) is 3.22. The summed E-state index contributed by atoms with van der Waals surface area (Å²) in [7, 11) is 0. The lowest BCUT2D eigenvalue weighted by Gasteiger charge is -2.28. The lowest BCUT2D eigenvalue weighted by molar-refractivity contribution is -0.0603. The number of halogens is 2. The Balaban J connectivity index is 2.37. The van der Waals surface area contributed by atoms with Crippen molar-refractivity contribution in [3.63, 3.8) is 0 Å². The van der Waals surface area contributed by atoms with Crippen LogP contribution >= 0.6 is 23.2 Å². The number of alkyl halides is 1. The van der Waals surface area contributed by atoms with Crippen LogP contribution < -0.4 is 10.6 Å². The molecule has 0 bridgehead atoms. The second-order valence-corrected chi connectivity index (χ2v) is 4.95. The van der Waals surface area contributed by atoms with E-state index >= 15 is 0 Å². The summed E-state index contributed by atoms with van der Waals surface area (Å²) in [4.78, 5) is 7.47. The van der Waals surface area contributed by atoms with Gasteiger partial charge in [-0.05, 0) is 30.3 Å². The molecule has 1 aromatic heterocycles. The third-order valence-electron chi connectivity index (χ3n) is 3.00. The Bertz CT molecular complexity index is 712. The minimum Gasteiger partial charge on any atom is -0.360 e. The van der Waals surface area contributed by atoms with Crippen molar-refractivity contribution in [2.75, 3.05) is 5.88 Å². The zero-order valence-corrected chi connectivity index (χ0v) is 11.4. The fraction of sp³-hybridized carbons (Fsp3) is 0.154. The number of hydrogen-bond donors (Lipinski definition) is 2. The van der Waals surface area contributed by atoms with Crippen LogP contribution in [0.5, 0.6) is 0 Å². The molecule has 0 saturated heterocycles. The minimum atomic E-state index is -0.506. The molecule has 0 aliphatic carbocycles. The number of H-pyrrole nitrogens is 1. The van der Waals surface area contributed by atoms with Gasteiger partial charge in [0, 0.05) is 16.4 Å². The fourth-order valence-corrected chi connectivity index (χ4v) is 2.52. The van der Waals surface area contributed by atoms with Gasteiger partial charge in [0.2, 0.25) is 0 Å². The van der Waals surface area contributed by atoms with E-state index in [0.29, 0.717) is 10.7 Å². The number of nitrogens with zero attached hydrogens (tertiary/aromatic N) is 2. The minimum absolute atomic E-state index is 0.197. The standard InChI is InChI=1S/C13H11Cl2N3O/c14-7-12-17-10-4-3-8(15)6-9(10)13(18(12)19)11-2-1-5-16-11/h1-6,12,16,19H,7H2. The van der Waals surface area contributed by atoms with Crippen LogP contribution in [0.4, 0.5) is 0 Å². The zero-order valence-electron chi connectivity index (χ0n) is 9.85. The van der Waals surface area contributed by atoms with Gasteiger partial charge < -0.3 is 4.98 Å². The number of rotatable bonds is 2. The van der Waals surface area contributed by atoms with Gasteiger partial charge in [-0.25, -0.2) is 5.06 Å². The van der Waals surface area contributed by atoms with Gasteiger partial charge in [-0.1, -0.05) is 11.6 Å². The topological polar surface area (TPSA) is 51.6 Å². The van der Waals surface area contributed by atoms with Gasteiger partial charge in [0.05, 0.1) is 22.6 Å². The average Bonchev–Trinajstić information content (AvgIpc) is 2.91. The summed E-state index contributed by atoms with van der Waals surface area (Å²) in [5.74, 6) is 0.197. The van der Waals surface area contributed by atoms with Gasteiger partial charge in [-0.2, -0.15) is 0 Å². The van der Waals surface area contributed by atoms with Crippen molar-refractivity contribution >= 4 is 28.9 Å². The molecule has 4 nitrogen and oxygen atoms in total. The molecule has 1 aromatic carbocycles. The maximum absolute atomic E-state index is 10.3. The summed E-state index contributed by atoms with van der Waals surface area (Å²) in [6.45, 7) is 0. The Morgan fingerprint density at radius 2 is 2.21 bits per heavy atom. The highest BCUT2D eigenvalue weighted by atomic mass is 35.5. The van der Waals surface area contributed by atoms with E-state index in [1.807, 2.05) is 18.2 Å². The molecule has 2 N–H and O–H groups in total. The number of hydrogen-bond acceptors (Lipinski definition) is 3. The van der Waals surface area contributed by atoms with E-state index in [0.717, 1.165) is 21.3 Å². The summed E-state index contributed by atoms with van der Waals surface area (Å²) < 4.78 is 0. The van der Waals surface area contributed by atoms with Crippen molar-refractivity contribution in [2.45, 2.75) is 6.17 Å². The van der Waals surface area contributed by atoms with E-state index in [1.165, 1.54) is 0 Å². The SMILES string of the molecule is ON1C(c2ccc[nH]2)=c2cc(Cl)ccc2=NC1CCl. The molecular weight excluding hydrogens is 285 g/mol. The molecule has 1 unspecified atom stereocenters. The molecule has 19 heavy (non-hydrogen) atoms. The number of fused-ring (bicyclic) bond motifs is 1. The summed E-state index contributed by atoms with van der Waals surface area (Å²) in [5, 5.41) is 13.5. The molecule has 0 radical (unpaired) electrons.